The molecule has 1 atom stereocenters. The van der Waals surface area contributed by atoms with Crippen LogP contribution in [0.3, 0.4) is 0 Å². The summed E-state index contributed by atoms with van der Waals surface area (Å²) in [6, 6.07) is 12.0. The number of carbonyl (C=O) groups excluding carboxylic acids is 2. The highest BCUT2D eigenvalue weighted by Crippen LogP contribution is 2.33. The standard InChI is InChI=1S/C23H31N3O3/c1-16(2)22(19-12-10-18(11-13-19)17-7-4-3-5-8-17)24-15-21(27)25-26-23(28)20-9-6-14-29-20/h6,9-14,16-17,22,24H,3-5,7-8,15H2,1-2H3,(H,25,27)(H,26,28)/t22-/m1/s1. The molecule has 1 heterocycles. The van der Waals surface area contributed by atoms with Gasteiger partial charge in [0.25, 0.3) is 5.91 Å². The number of furan rings is 1. The highest BCUT2D eigenvalue weighted by Gasteiger charge is 2.19. The minimum Gasteiger partial charge on any atom is -0.459 e. The van der Waals surface area contributed by atoms with Crippen LogP contribution in [0.25, 0.3) is 0 Å². The first-order chi connectivity index (χ1) is 14.0. The zero-order valence-electron chi connectivity index (χ0n) is 17.2. The van der Waals surface area contributed by atoms with E-state index in [0.717, 1.165) is 0 Å². The predicted molar refractivity (Wildman–Crippen MR) is 112 cm³/mol. The third-order valence-electron chi connectivity index (χ3n) is 5.58. The molecular weight excluding hydrogens is 366 g/mol. The van der Waals surface area contributed by atoms with E-state index in [4.69, 9.17) is 4.42 Å². The van der Waals surface area contributed by atoms with Crippen molar-refractivity contribution in [3.8, 4) is 0 Å². The van der Waals surface area contributed by atoms with E-state index in [2.05, 4.69) is 54.3 Å². The number of rotatable bonds is 7. The van der Waals surface area contributed by atoms with Crippen molar-refractivity contribution in [2.45, 2.75) is 57.9 Å². The molecule has 1 aliphatic carbocycles. The van der Waals surface area contributed by atoms with E-state index in [0.29, 0.717) is 11.8 Å². The molecule has 0 bridgehead atoms. The minimum atomic E-state index is -0.484. The summed E-state index contributed by atoms with van der Waals surface area (Å²) in [6.45, 7) is 4.36. The van der Waals surface area contributed by atoms with Crippen LogP contribution in [0.15, 0.2) is 47.1 Å². The smallest absolute Gasteiger partial charge is 0.305 e. The lowest BCUT2D eigenvalue weighted by Crippen LogP contribution is -2.46. The fourth-order valence-corrected chi connectivity index (χ4v) is 3.99. The van der Waals surface area contributed by atoms with Crippen LogP contribution in [-0.4, -0.2) is 18.4 Å². The van der Waals surface area contributed by atoms with E-state index in [9.17, 15) is 9.59 Å². The SMILES string of the molecule is CC(C)[C@@H](NCC(=O)NNC(=O)c1ccco1)c1ccc(C2CCCCC2)cc1. The molecule has 6 nitrogen and oxygen atoms in total. The van der Waals surface area contributed by atoms with Crippen molar-refractivity contribution in [1.82, 2.24) is 16.2 Å². The van der Waals surface area contributed by atoms with E-state index in [1.54, 1.807) is 6.07 Å². The molecule has 0 aliphatic heterocycles. The molecule has 1 aromatic heterocycles. The van der Waals surface area contributed by atoms with Crippen molar-refractivity contribution in [3.63, 3.8) is 0 Å². The Kier molecular flexibility index (Phi) is 7.47. The average Bonchev–Trinajstić information content (AvgIpc) is 3.28. The highest BCUT2D eigenvalue weighted by atomic mass is 16.3. The Labute approximate surface area is 172 Å². The van der Waals surface area contributed by atoms with E-state index in [1.807, 2.05) is 0 Å². The fraction of sp³-hybridized carbons (Fsp3) is 0.478. The van der Waals surface area contributed by atoms with Gasteiger partial charge in [0.1, 0.15) is 0 Å². The fourth-order valence-electron chi connectivity index (χ4n) is 3.99. The van der Waals surface area contributed by atoms with Crippen molar-refractivity contribution < 1.29 is 14.0 Å². The minimum absolute atomic E-state index is 0.0573. The quantitative estimate of drug-likeness (QED) is 0.615. The topological polar surface area (TPSA) is 83.4 Å². The molecule has 1 aliphatic rings. The van der Waals surface area contributed by atoms with Gasteiger partial charge in [-0.2, -0.15) is 0 Å². The molecule has 2 amide bonds. The van der Waals surface area contributed by atoms with Gasteiger partial charge < -0.3 is 9.73 Å². The summed E-state index contributed by atoms with van der Waals surface area (Å²) in [5, 5.41) is 3.31. The molecule has 6 heteroatoms. The maximum absolute atomic E-state index is 12.1. The van der Waals surface area contributed by atoms with Crippen molar-refractivity contribution in [3.05, 3.63) is 59.5 Å². The van der Waals surface area contributed by atoms with Crippen molar-refractivity contribution in [2.75, 3.05) is 6.54 Å². The number of hydrogen-bond donors (Lipinski definition) is 3. The number of nitrogens with one attached hydrogen (secondary N) is 3. The van der Waals surface area contributed by atoms with Gasteiger partial charge in [-0.1, -0.05) is 57.4 Å². The Morgan fingerprint density at radius 3 is 2.38 bits per heavy atom. The third kappa shape index (κ3) is 5.94. The Bertz CT molecular complexity index is 778. The van der Waals surface area contributed by atoms with Crippen LogP contribution >= 0.6 is 0 Å². The van der Waals surface area contributed by atoms with Crippen molar-refractivity contribution in [2.24, 2.45) is 5.92 Å². The molecule has 3 rings (SSSR count). The van der Waals surface area contributed by atoms with Crippen molar-refractivity contribution >= 4 is 11.8 Å². The van der Waals surface area contributed by atoms with Gasteiger partial charge >= 0.3 is 5.91 Å². The number of amides is 2. The molecule has 1 fully saturated rings. The maximum atomic E-state index is 12.1. The zero-order chi connectivity index (χ0) is 20.6. The predicted octanol–water partition coefficient (Wildman–Crippen LogP) is 4.08. The summed E-state index contributed by atoms with van der Waals surface area (Å²) in [7, 11) is 0. The Morgan fingerprint density at radius 2 is 1.76 bits per heavy atom. The van der Waals surface area contributed by atoms with Gasteiger partial charge in [0.2, 0.25) is 0 Å². The van der Waals surface area contributed by atoms with Crippen LogP contribution in [0.4, 0.5) is 0 Å². The first-order valence-corrected chi connectivity index (χ1v) is 10.5. The van der Waals surface area contributed by atoms with Gasteiger partial charge in [-0.3, -0.25) is 20.4 Å². The molecule has 1 aromatic carbocycles. The lowest BCUT2D eigenvalue weighted by molar-refractivity contribution is -0.121. The van der Waals surface area contributed by atoms with Gasteiger partial charge in [-0.05, 0) is 47.9 Å². The van der Waals surface area contributed by atoms with Crippen LogP contribution in [-0.2, 0) is 4.79 Å². The van der Waals surface area contributed by atoms with Gasteiger partial charge in [0.05, 0.1) is 12.8 Å². The highest BCUT2D eigenvalue weighted by molar-refractivity contribution is 5.93. The van der Waals surface area contributed by atoms with Crippen molar-refractivity contribution in [1.29, 1.82) is 0 Å². The van der Waals surface area contributed by atoms with Gasteiger partial charge in [0, 0.05) is 6.04 Å². The number of carbonyl (C=O) groups is 2. The molecule has 0 radical (unpaired) electrons. The summed E-state index contributed by atoms with van der Waals surface area (Å²) >= 11 is 0. The second kappa shape index (κ2) is 10.3. The summed E-state index contributed by atoms with van der Waals surface area (Å²) in [5.74, 6) is 0.362. The Balaban J connectivity index is 1.51. The van der Waals surface area contributed by atoms with Crippen LogP contribution in [0.1, 0.15) is 79.6 Å². The largest absolute Gasteiger partial charge is 0.459 e. The molecule has 29 heavy (non-hydrogen) atoms. The molecule has 156 valence electrons. The van der Waals surface area contributed by atoms with E-state index >= 15 is 0 Å². The second-order valence-corrected chi connectivity index (χ2v) is 8.08. The normalized spacial score (nSPS) is 15.8. The van der Waals surface area contributed by atoms with Crippen LogP contribution < -0.4 is 16.2 Å². The van der Waals surface area contributed by atoms with E-state index < -0.39 is 5.91 Å². The lowest BCUT2D eigenvalue weighted by Gasteiger charge is -2.25. The maximum Gasteiger partial charge on any atom is 0.305 e. The van der Waals surface area contributed by atoms with Gasteiger partial charge in [-0.25, -0.2) is 0 Å². The van der Waals surface area contributed by atoms with E-state index in [-0.39, 0.29) is 24.3 Å². The molecule has 0 unspecified atom stereocenters. The zero-order valence-corrected chi connectivity index (χ0v) is 17.2. The summed E-state index contributed by atoms with van der Waals surface area (Å²) < 4.78 is 4.99. The van der Waals surface area contributed by atoms with Gasteiger partial charge in [-0.15, -0.1) is 0 Å². The first-order valence-electron chi connectivity index (χ1n) is 10.5. The molecule has 0 spiro atoms. The average molecular weight is 398 g/mol. The third-order valence-corrected chi connectivity index (χ3v) is 5.58. The number of hydrazine groups is 1. The van der Waals surface area contributed by atoms with Gasteiger partial charge in [0.15, 0.2) is 5.76 Å². The summed E-state index contributed by atoms with van der Waals surface area (Å²) in [6.07, 6.45) is 8.00. The molecular formula is C23H31N3O3. The van der Waals surface area contributed by atoms with Crippen LogP contribution in [0, 0.1) is 5.92 Å². The Morgan fingerprint density at radius 1 is 1.03 bits per heavy atom. The molecule has 1 saturated carbocycles. The molecule has 3 N–H and O–H groups in total. The van der Waals surface area contributed by atoms with Crippen LogP contribution in [0.5, 0.6) is 0 Å². The molecule has 2 aromatic rings. The first kappa shape index (κ1) is 21.1. The number of hydrogen-bond acceptors (Lipinski definition) is 4. The second-order valence-electron chi connectivity index (χ2n) is 8.08. The Hall–Kier alpha value is -2.60. The monoisotopic (exact) mass is 397 g/mol. The summed E-state index contributed by atoms with van der Waals surface area (Å²) in [5.41, 5.74) is 7.36. The van der Waals surface area contributed by atoms with E-state index in [1.165, 1.54) is 55.6 Å². The summed E-state index contributed by atoms with van der Waals surface area (Å²) in [4.78, 5) is 23.9. The lowest BCUT2D eigenvalue weighted by atomic mass is 9.83. The van der Waals surface area contributed by atoms with Crippen LogP contribution in [0.2, 0.25) is 0 Å². The molecule has 0 saturated heterocycles. The number of benzene rings is 1.